The molecular formula is C17H24FN3O2. The third-order valence-electron chi connectivity index (χ3n) is 5.90. The van der Waals surface area contributed by atoms with E-state index < -0.39 is 11.6 Å². The molecule has 2 unspecified atom stereocenters. The number of rotatable bonds is 5. The largest absolute Gasteiger partial charge is 0.479 e. The second-order valence-corrected chi connectivity index (χ2v) is 7.59. The zero-order valence-corrected chi connectivity index (χ0v) is 13.5. The maximum absolute atomic E-state index is 15.0. The molecule has 0 spiro atoms. The van der Waals surface area contributed by atoms with Gasteiger partial charge in [-0.15, -0.1) is 0 Å². The molecule has 126 valence electrons. The Morgan fingerprint density at radius 3 is 2.74 bits per heavy atom. The quantitative estimate of drug-likeness (QED) is 0.905. The SMILES string of the molecule is Cc1nn(C2CCC2)cc1CN1CC(C2CC2)C(F)(C(=O)O)C1. The number of aryl methyl sites for hydroxylation is 1. The van der Waals surface area contributed by atoms with Crippen LogP contribution in [0, 0.1) is 18.8 Å². The van der Waals surface area contributed by atoms with E-state index in [4.69, 9.17) is 0 Å². The summed E-state index contributed by atoms with van der Waals surface area (Å²) in [6.07, 6.45) is 7.63. The molecule has 2 heterocycles. The van der Waals surface area contributed by atoms with Crippen molar-refractivity contribution in [2.24, 2.45) is 11.8 Å². The fourth-order valence-electron chi connectivity index (χ4n) is 4.05. The van der Waals surface area contributed by atoms with E-state index in [1.165, 1.54) is 19.3 Å². The first-order valence-corrected chi connectivity index (χ1v) is 8.66. The predicted molar refractivity (Wildman–Crippen MR) is 82.8 cm³/mol. The van der Waals surface area contributed by atoms with Gasteiger partial charge in [-0.3, -0.25) is 9.58 Å². The van der Waals surface area contributed by atoms with E-state index in [2.05, 4.69) is 11.3 Å². The van der Waals surface area contributed by atoms with Crippen molar-refractivity contribution in [3.63, 3.8) is 0 Å². The summed E-state index contributed by atoms with van der Waals surface area (Å²) in [6, 6.07) is 0.513. The van der Waals surface area contributed by atoms with Gasteiger partial charge in [-0.05, 0) is 44.9 Å². The number of carboxylic acid groups (broad SMARTS) is 1. The van der Waals surface area contributed by atoms with Crippen LogP contribution in [0.2, 0.25) is 0 Å². The maximum Gasteiger partial charge on any atom is 0.343 e. The first-order valence-electron chi connectivity index (χ1n) is 8.66. The van der Waals surface area contributed by atoms with Crippen LogP contribution in [0.25, 0.3) is 0 Å². The summed E-state index contributed by atoms with van der Waals surface area (Å²) in [6.45, 7) is 3.12. The highest BCUT2D eigenvalue weighted by Gasteiger charge is 2.58. The molecule has 5 nitrogen and oxygen atoms in total. The molecule has 2 aliphatic carbocycles. The zero-order chi connectivity index (χ0) is 16.2. The van der Waals surface area contributed by atoms with E-state index in [1.54, 1.807) is 0 Å². The molecule has 0 radical (unpaired) electrons. The fourth-order valence-corrected chi connectivity index (χ4v) is 4.05. The topological polar surface area (TPSA) is 58.4 Å². The molecule has 4 rings (SSSR count). The number of carboxylic acids is 1. The van der Waals surface area contributed by atoms with Gasteiger partial charge in [0.2, 0.25) is 5.67 Å². The summed E-state index contributed by atoms with van der Waals surface area (Å²) >= 11 is 0. The Morgan fingerprint density at radius 2 is 2.17 bits per heavy atom. The van der Waals surface area contributed by atoms with Gasteiger partial charge in [-0.25, -0.2) is 9.18 Å². The van der Waals surface area contributed by atoms with Crippen LogP contribution < -0.4 is 0 Å². The molecule has 23 heavy (non-hydrogen) atoms. The lowest BCUT2D eigenvalue weighted by Crippen LogP contribution is -2.42. The monoisotopic (exact) mass is 321 g/mol. The Morgan fingerprint density at radius 1 is 1.43 bits per heavy atom. The molecule has 3 aliphatic rings. The standard InChI is InChI=1S/C17H24FN3O2/c1-11-13(8-21(19-11)14-3-2-4-14)7-20-9-15(12-5-6-12)17(18,10-20)16(22)23/h8,12,14-15H,2-7,9-10H2,1H3,(H,22,23). The molecule has 1 N–H and O–H groups in total. The first kappa shape index (κ1) is 15.1. The van der Waals surface area contributed by atoms with Crippen molar-refractivity contribution in [1.29, 1.82) is 0 Å². The van der Waals surface area contributed by atoms with Crippen molar-refractivity contribution >= 4 is 5.97 Å². The van der Waals surface area contributed by atoms with Gasteiger partial charge < -0.3 is 5.11 Å². The summed E-state index contributed by atoms with van der Waals surface area (Å²) in [5.74, 6) is -1.40. The highest BCUT2D eigenvalue weighted by molar-refractivity contribution is 5.79. The number of halogens is 1. The number of aromatic nitrogens is 2. The van der Waals surface area contributed by atoms with Gasteiger partial charge in [0.05, 0.1) is 11.7 Å². The minimum Gasteiger partial charge on any atom is -0.479 e. The molecule has 6 heteroatoms. The number of alkyl halides is 1. The molecular weight excluding hydrogens is 297 g/mol. The number of nitrogens with zero attached hydrogens (tertiary/aromatic N) is 3. The van der Waals surface area contributed by atoms with Crippen LogP contribution >= 0.6 is 0 Å². The van der Waals surface area contributed by atoms with E-state index in [9.17, 15) is 14.3 Å². The van der Waals surface area contributed by atoms with Crippen LogP contribution in [0.1, 0.15) is 49.4 Å². The Bertz CT molecular complexity index is 623. The molecule has 2 atom stereocenters. The van der Waals surface area contributed by atoms with Gasteiger partial charge in [-0.1, -0.05) is 0 Å². The first-order chi connectivity index (χ1) is 11.0. The smallest absolute Gasteiger partial charge is 0.343 e. The van der Waals surface area contributed by atoms with Crippen molar-refractivity contribution in [2.45, 2.75) is 57.3 Å². The fraction of sp³-hybridized carbons (Fsp3) is 0.765. The zero-order valence-electron chi connectivity index (χ0n) is 13.5. The van der Waals surface area contributed by atoms with E-state index >= 15 is 0 Å². The van der Waals surface area contributed by atoms with E-state index in [0.717, 1.165) is 24.1 Å². The average Bonchev–Trinajstić information content (AvgIpc) is 3.13. The lowest BCUT2D eigenvalue weighted by molar-refractivity contribution is -0.153. The predicted octanol–water partition coefficient (Wildman–Crippen LogP) is 2.55. The molecule has 0 aromatic carbocycles. The van der Waals surface area contributed by atoms with Crippen molar-refractivity contribution in [3.8, 4) is 0 Å². The Kier molecular flexibility index (Phi) is 3.48. The van der Waals surface area contributed by atoms with Gasteiger partial charge >= 0.3 is 5.97 Å². The molecule has 1 aromatic heterocycles. The molecule has 1 aliphatic heterocycles. The van der Waals surface area contributed by atoms with Crippen molar-refractivity contribution in [2.75, 3.05) is 13.1 Å². The summed E-state index contributed by atoms with van der Waals surface area (Å²) in [5, 5.41) is 13.9. The highest BCUT2D eigenvalue weighted by Crippen LogP contribution is 2.48. The highest BCUT2D eigenvalue weighted by atomic mass is 19.1. The lowest BCUT2D eigenvalue weighted by Gasteiger charge is -2.25. The second-order valence-electron chi connectivity index (χ2n) is 7.59. The van der Waals surface area contributed by atoms with Gasteiger partial charge in [-0.2, -0.15) is 5.10 Å². The average molecular weight is 321 g/mol. The van der Waals surface area contributed by atoms with Crippen LogP contribution in [-0.2, 0) is 11.3 Å². The Hall–Kier alpha value is -1.43. The normalized spacial score (nSPS) is 32.2. The number of hydrogen-bond donors (Lipinski definition) is 1. The van der Waals surface area contributed by atoms with Crippen LogP contribution in [0.3, 0.4) is 0 Å². The number of aliphatic carboxylic acids is 1. The number of hydrogen-bond acceptors (Lipinski definition) is 3. The van der Waals surface area contributed by atoms with Crippen LogP contribution in [0.15, 0.2) is 6.20 Å². The molecule has 2 saturated carbocycles. The minimum atomic E-state index is -2.08. The van der Waals surface area contributed by atoms with Crippen LogP contribution in [0.5, 0.6) is 0 Å². The number of carbonyl (C=O) groups is 1. The third-order valence-corrected chi connectivity index (χ3v) is 5.90. The molecule has 0 bridgehead atoms. The Labute approximate surface area is 135 Å². The van der Waals surface area contributed by atoms with Gasteiger partial charge in [0, 0.05) is 37.3 Å². The van der Waals surface area contributed by atoms with Gasteiger partial charge in [0.15, 0.2) is 0 Å². The van der Waals surface area contributed by atoms with E-state index in [0.29, 0.717) is 19.1 Å². The third kappa shape index (κ3) is 2.57. The number of likely N-dealkylation sites (tertiary alicyclic amines) is 1. The van der Waals surface area contributed by atoms with Crippen molar-refractivity contribution < 1.29 is 14.3 Å². The molecule has 1 aromatic rings. The summed E-state index contributed by atoms with van der Waals surface area (Å²) in [5.41, 5.74) is -0.00777. The van der Waals surface area contributed by atoms with E-state index in [1.807, 2.05) is 16.5 Å². The van der Waals surface area contributed by atoms with E-state index in [-0.39, 0.29) is 18.4 Å². The van der Waals surface area contributed by atoms with Gasteiger partial charge in [0.25, 0.3) is 0 Å². The van der Waals surface area contributed by atoms with Crippen molar-refractivity contribution in [3.05, 3.63) is 17.5 Å². The molecule has 0 amide bonds. The summed E-state index contributed by atoms with van der Waals surface area (Å²) in [7, 11) is 0. The maximum atomic E-state index is 15.0. The van der Waals surface area contributed by atoms with Crippen molar-refractivity contribution in [1.82, 2.24) is 14.7 Å². The van der Waals surface area contributed by atoms with Gasteiger partial charge in [0.1, 0.15) is 0 Å². The minimum absolute atomic E-state index is 0.00243. The molecule has 3 fully saturated rings. The summed E-state index contributed by atoms with van der Waals surface area (Å²) in [4.78, 5) is 13.4. The summed E-state index contributed by atoms with van der Waals surface area (Å²) < 4.78 is 17.0. The van der Waals surface area contributed by atoms with Crippen LogP contribution in [-0.4, -0.2) is 44.5 Å². The van der Waals surface area contributed by atoms with Crippen LogP contribution in [0.4, 0.5) is 4.39 Å². The molecule has 1 saturated heterocycles. The Balaban J connectivity index is 1.49. The second kappa shape index (κ2) is 5.30. The lowest BCUT2D eigenvalue weighted by atomic mass is 9.89.